The van der Waals surface area contributed by atoms with Crippen molar-refractivity contribution in [3.8, 4) is 10.6 Å². The van der Waals surface area contributed by atoms with Gasteiger partial charge in [-0.2, -0.15) is 9.61 Å². The van der Waals surface area contributed by atoms with Crippen LogP contribution in [0.5, 0.6) is 0 Å². The van der Waals surface area contributed by atoms with Gasteiger partial charge < -0.3 is 5.32 Å². The van der Waals surface area contributed by atoms with Crippen LogP contribution in [-0.2, 0) is 6.42 Å². The second-order valence-corrected chi connectivity index (χ2v) is 7.62. The average molecular weight is 399 g/mol. The molecule has 0 atom stereocenters. The first-order valence-corrected chi connectivity index (χ1v) is 10.1. The molecule has 0 aliphatic heterocycles. The number of aromatic nitrogens is 4. The zero-order valence-corrected chi connectivity index (χ0v) is 16.5. The van der Waals surface area contributed by atoms with E-state index in [1.165, 1.54) is 11.3 Å². The fourth-order valence-corrected chi connectivity index (χ4v) is 4.09. The van der Waals surface area contributed by atoms with Crippen molar-refractivity contribution in [1.82, 2.24) is 19.8 Å². The van der Waals surface area contributed by atoms with Crippen LogP contribution in [0.2, 0.25) is 0 Å². The maximum absolute atomic E-state index is 12.6. The van der Waals surface area contributed by atoms with Crippen molar-refractivity contribution in [3.63, 3.8) is 0 Å². The minimum Gasteiger partial charge on any atom is -0.322 e. The Kier molecular flexibility index (Phi) is 4.29. The highest BCUT2D eigenvalue weighted by Gasteiger charge is 2.12. The molecule has 6 nitrogen and oxygen atoms in total. The highest BCUT2D eigenvalue weighted by atomic mass is 32.1. The monoisotopic (exact) mass is 399 g/mol. The molecule has 3 aromatic carbocycles. The van der Waals surface area contributed by atoms with E-state index >= 15 is 0 Å². The molecule has 5 rings (SSSR count). The smallest absolute Gasteiger partial charge is 0.255 e. The Morgan fingerprint density at radius 3 is 2.59 bits per heavy atom. The number of carbonyl (C=O) groups is 1. The lowest BCUT2D eigenvalue weighted by atomic mass is 10.1. The highest BCUT2D eigenvalue weighted by Crippen LogP contribution is 2.27. The van der Waals surface area contributed by atoms with Crippen LogP contribution in [0.25, 0.3) is 26.3 Å². The van der Waals surface area contributed by atoms with Gasteiger partial charge in [-0.3, -0.25) is 4.79 Å². The van der Waals surface area contributed by atoms with E-state index in [4.69, 9.17) is 0 Å². The minimum absolute atomic E-state index is 0.130. The van der Waals surface area contributed by atoms with Crippen LogP contribution in [0, 0.1) is 0 Å². The predicted molar refractivity (Wildman–Crippen MR) is 115 cm³/mol. The molecule has 0 unspecified atom stereocenters. The topological polar surface area (TPSA) is 72.2 Å². The Hall–Kier alpha value is -3.58. The van der Waals surface area contributed by atoms with Crippen LogP contribution < -0.4 is 5.32 Å². The van der Waals surface area contributed by atoms with E-state index in [2.05, 4.69) is 20.6 Å². The predicted octanol–water partition coefficient (Wildman–Crippen LogP) is 4.82. The van der Waals surface area contributed by atoms with Crippen molar-refractivity contribution in [2.75, 3.05) is 5.32 Å². The summed E-state index contributed by atoms with van der Waals surface area (Å²) in [6, 6.07) is 21.4. The third kappa shape index (κ3) is 3.25. The number of hydrogen-bond acceptors (Lipinski definition) is 5. The third-order valence-corrected chi connectivity index (χ3v) is 5.72. The van der Waals surface area contributed by atoms with E-state index in [9.17, 15) is 4.79 Å². The van der Waals surface area contributed by atoms with E-state index in [0.717, 1.165) is 44.2 Å². The largest absolute Gasteiger partial charge is 0.322 e. The summed E-state index contributed by atoms with van der Waals surface area (Å²) in [7, 11) is 0. The molecule has 142 valence electrons. The molecule has 0 fully saturated rings. The second-order valence-electron chi connectivity index (χ2n) is 6.66. The molecule has 0 spiro atoms. The van der Waals surface area contributed by atoms with Gasteiger partial charge in [0, 0.05) is 23.2 Å². The number of anilines is 1. The molecule has 0 radical (unpaired) electrons. The fraction of sp³-hybridized carbons (Fsp3) is 0.0909. The van der Waals surface area contributed by atoms with Crippen molar-refractivity contribution in [2.45, 2.75) is 13.3 Å². The first-order chi connectivity index (χ1) is 14.2. The maximum Gasteiger partial charge on any atom is 0.255 e. The molecule has 2 heterocycles. The summed E-state index contributed by atoms with van der Waals surface area (Å²) in [4.78, 5) is 13.4. The van der Waals surface area contributed by atoms with Crippen LogP contribution in [0.4, 0.5) is 5.69 Å². The molecule has 0 aliphatic carbocycles. The van der Waals surface area contributed by atoms with Gasteiger partial charge in [-0.25, -0.2) is 0 Å². The second kappa shape index (κ2) is 7.10. The lowest BCUT2D eigenvalue weighted by Gasteiger charge is -2.07. The van der Waals surface area contributed by atoms with Gasteiger partial charge in [0.2, 0.25) is 4.96 Å². The molecule has 2 aromatic heterocycles. The summed E-state index contributed by atoms with van der Waals surface area (Å²) in [5.74, 6) is 0.719. The molecule has 0 saturated heterocycles. The number of aryl methyl sites for hydroxylation is 1. The molecule has 5 aromatic rings. The first-order valence-electron chi connectivity index (χ1n) is 9.33. The summed E-state index contributed by atoms with van der Waals surface area (Å²) in [6.45, 7) is 2.03. The van der Waals surface area contributed by atoms with Crippen molar-refractivity contribution in [1.29, 1.82) is 0 Å². The van der Waals surface area contributed by atoms with Gasteiger partial charge in [0.15, 0.2) is 5.82 Å². The van der Waals surface area contributed by atoms with Crippen LogP contribution in [-0.4, -0.2) is 25.7 Å². The number of nitrogens with zero attached hydrogens (tertiary/aromatic N) is 4. The zero-order chi connectivity index (χ0) is 19.8. The minimum atomic E-state index is -0.130. The van der Waals surface area contributed by atoms with E-state index in [-0.39, 0.29) is 5.91 Å². The Morgan fingerprint density at radius 1 is 1.00 bits per heavy atom. The SMILES string of the molecule is CCc1nnc2sc(-c3ccc(NC(=O)c4ccc5ccccc5c4)cc3)nn12. The Morgan fingerprint density at radius 2 is 1.79 bits per heavy atom. The van der Waals surface area contributed by atoms with Gasteiger partial charge in [-0.05, 0) is 47.2 Å². The maximum atomic E-state index is 12.6. The Balaban J connectivity index is 1.36. The molecule has 0 saturated carbocycles. The number of rotatable bonds is 4. The van der Waals surface area contributed by atoms with Gasteiger partial charge in [-0.15, -0.1) is 10.2 Å². The highest BCUT2D eigenvalue weighted by molar-refractivity contribution is 7.19. The number of hydrogen-bond donors (Lipinski definition) is 1. The molecular formula is C22H17N5OS. The Labute approximate surface area is 170 Å². The average Bonchev–Trinajstić information content (AvgIpc) is 3.34. The van der Waals surface area contributed by atoms with Gasteiger partial charge >= 0.3 is 0 Å². The Bertz CT molecular complexity index is 1340. The van der Waals surface area contributed by atoms with Gasteiger partial charge in [-0.1, -0.05) is 48.6 Å². The quantitative estimate of drug-likeness (QED) is 0.470. The lowest BCUT2D eigenvalue weighted by Crippen LogP contribution is -2.11. The summed E-state index contributed by atoms with van der Waals surface area (Å²) in [5.41, 5.74) is 2.35. The van der Waals surface area contributed by atoms with E-state index in [1.807, 2.05) is 73.7 Å². The summed E-state index contributed by atoms with van der Waals surface area (Å²) < 4.78 is 1.79. The number of carbonyl (C=O) groups excluding carboxylic acids is 1. The van der Waals surface area contributed by atoms with Crippen LogP contribution in [0.1, 0.15) is 23.1 Å². The van der Waals surface area contributed by atoms with Gasteiger partial charge in [0.05, 0.1) is 0 Å². The van der Waals surface area contributed by atoms with Gasteiger partial charge in [0.25, 0.3) is 5.91 Å². The number of fused-ring (bicyclic) bond motifs is 2. The third-order valence-electron chi connectivity index (χ3n) is 4.77. The van der Waals surface area contributed by atoms with E-state index in [1.54, 1.807) is 4.52 Å². The molecular weight excluding hydrogens is 382 g/mol. The lowest BCUT2D eigenvalue weighted by molar-refractivity contribution is 0.102. The van der Waals surface area contributed by atoms with Crippen molar-refractivity contribution < 1.29 is 4.79 Å². The standard InChI is InChI=1S/C22H17N5OS/c1-2-19-24-25-22-27(19)26-21(29-22)15-9-11-18(12-10-15)23-20(28)17-8-7-14-5-3-4-6-16(14)13-17/h3-13H,2H2,1H3,(H,23,28). The number of benzene rings is 3. The molecule has 0 bridgehead atoms. The zero-order valence-electron chi connectivity index (χ0n) is 15.7. The van der Waals surface area contributed by atoms with Crippen molar-refractivity contribution in [3.05, 3.63) is 78.1 Å². The normalized spacial score (nSPS) is 11.2. The molecule has 29 heavy (non-hydrogen) atoms. The summed E-state index contributed by atoms with van der Waals surface area (Å²) in [6.07, 6.45) is 0.782. The van der Waals surface area contributed by atoms with E-state index in [0.29, 0.717) is 5.56 Å². The number of nitrogens with one attached hydrogen (secondary N) is 1. The molecule has 1 amide bonds. The van der Waals surface area contributed by atoms with Crippen molar-refractivity contribution >= 4 is 38.7 Å². The first kappa shape index (κ1) is 17.5. The van der Waals surface area contributed by atoms with Crippen LogP contribution >= 0.6 is 11.3 Å². The summed E-state index contributed by atoms with van der Waals surface area (Å²) in [5, 5.41) is 18.9. The van der Waals surface area contributed by atoms with Crippen LogP contribution in [0.3, 0.4) is 0 Å². The summed E-state index contributed by atoms with van der Waals surface area (Å²) >= 11 is 1.50. The number of amides is 1. The van der Waals surface area contributed by atoms with Gasteiger partial charge in [0.1, 0.15) is 5.01 Å². The fourth-order valence-electron chi connectivity index (χ4n) is 3.22. The molecule has 7 heteroatoms. The molecule has 1 N–H and O–H groups in total. The van der Waals surface area contributed by atoms with Crippen molar-refractivity contribution in [2.24, 2.45) is 0 Å². The van der Waals surface area contributed by atoms with E-state index < -0.39 is 0 Å². The molecule has 0 aliphatic rings. The van der Waals surface area contributed by atoms with Crippen LogP contribution in [0.15, 0.2) is 66.7 Å².